The summed E-state index contributed by atoms with van der Waals surface area (Å²) in [7, 11) is 4.25. The fraction of sp³-hybridized carbons (Fsp3) is 0.465. The quantitative estimate of drug-likeness (QED) is 0.193. The Hall–Kier alpha value is -5.14. The second kappa shape index (κ2) is 16.9. The zero-order chi connectivity index (χ0) is 39.5. The van der Waals surface area contributed by atoms with Gasteiger partial charge in [-0.1, -0.05) is 30.7 Å². The van der Waals surface area contributed by atoms with E-state index in [4.69, 9.17) is 0 Å². The van der Waals surface area contributed by atoms with Crippen LogP contribution in [0.3, 0.4) is 0 Å². The molecule has 3 saturated heterocycles. The number of rotatable bonds is 13. The maximum Gasteiger partial charge on any atom is 0.262 e. The van der Waals surface area contributed by atoms with Crippen molar-refractivity contribution in [2.75, 3.05) is 70.1 Å². The minimum Gasteiger partial charge on any atom is -0.385 e. The zero-order valence-corrected chi connectivity index (χ0v) is 32.6. The molecule has 4 heterocycles. The van der Waals surface area contributed by atoms with Gasteiger partial charge in [-0.05, 0) is 87.8 Å². The summed E-state index contributed by atoms with van der Waals surface area (Å²) in [6.07, 6.45) is 3.19. The van der Waals surface area contributed by atoms with Crippen molar-refractivity contribution in [3.05, 3.63) is 94.3 Å². The molecule has 0 bridgehead atoms. The molecule has 296 valence electrons. The number of amides is 5. The number of unbranched alkanes of at least 4 members (excludes halogenated alkanes) is 2. The molecule has 0 radical (unpaired) electrons. The number of likely N-dealkylation sites (N-methyl/N-ethyl adjacent to an activating group) is 1. The van der Waals surface area contributed by atoms with Crippen molar-refractivity contribution in [3.63, 3.8) is 0 Å². The van der Waals surface area contributed by atoms with Crippen molar-refractivity contribution in [3.8, 4) is 0 Å². The highest BCUT2D eigenvalue weighted by atomic mass is 19.1. The Morgan fingerprint density at radius 2 is 1.64 bits per heavy atom. The Bertz CT molecular complexity index is 1960. The molecule has 7 rings (SSSR count). The standard InChI is InChI=1S/C43H52FN7O5/c1-28-8-7-9-36(44)34(28)25-48-26-35(38(27-48)47(2)3)29-11-14-31(15-12-29)49-20-22-50(23-21-49)40(53)10-5-4-6-19-45-30-13-16-32-33(24-30)43(56)51(42(32)55)37-17-18-39(52)46-41(37)54/h7-9,11-16,24,35,37-38,45H,4-6,10,17-23,25-27H2,1-3H3,(H,46,52,54)/t35-,37?,38+/m1/s1. The smallest absolute Gasteiger partial charge is 0.262 e. The van der Waals surface area contributed by atoms with Crippen molar-refractivity contribution >= 4 is 40.9 Å². The van der Waals surface area contributed by atoms with Gasteiger partial charge < -0.3 is 20.0 Å². The lowest BCUT2D eigenvalue weighted by molar-refractivity contribution is -0.136. The number of likely N-dealkylation sites (tertiary alicyclic amines) is 1. The highest BCUT2D eigenvalue weighted by molar-refractivity contribution is 6.23. The van der Waals surface area contributed by atoms with E-state index in [1.165, 1.54) is 5.56 Å². The van der Waals surface area contributed by atoms with Crippen molar-refractivity contribution in [2.45, 2.75) is 70.0 Å². The Morgan fingerprint density at radius 3 is 2.36 bits per heavy atom. The molecule has 4 aliphatic heterocycles. The first-order valence-corrected chi connectivity index (χ1v) is 19.8. The lowest BCUT2D eigenvalue weighted by Gasteiger charge is -2.36. The lowest BCUT2D eigenvalue weighted by Crippen LogP contribution is -2.54. The average Bonchev–Trinajstić information content (AvgIpc) is 3.72. The Balaban J connectivity index is 0.819. The van der Waals surface area contributed by atoms with Crippen LogP contribution in [0.2, 0.25) is 0 Å². The van der Waals surface area contributed by atoms with Crippen LogP contribution in [0.5, 0.6) is 0 Å². The largest absolute Gasteiger partial charge is 0.385 e. The van der Waals surface area contributed by atoms with Crippen LogP contribution in [-0.2, 0) is 20.9 Å². The first-order chi connectivity index (χ1) is 27.0. The Morgan fingerprint density at radius 1 is 0.893 bits per heavy atom. The third-order valence-electron chi connectivity index (χ3n) is 11.9. The maximum atomic E-state index is 14.6. The molecule has 0 saturated carbocycles. The molecule has 12 nitrogen and oxygen atoms in total. The summed E-state index contributed by atoms with van der Waals surface area (Å²) in [4.78, 5) is 72.9. The summed E-state index contributed by atoms with van der Waals surface area (Å²) in [5.41, 5.74) is 5.43. The highest BCUT2D eigenvalue weighted by Gasteiger charge is 2.44. The third-order valence-corrected chi connectivity index (χ3v) is 11.9. The SMILES string of the molecule is Cc1cccc(F)c1CN1C[C@H](c2ccc(N3CCN(C(=O)CCCCCNc4ccc5c(c4)C(=O)N(C4CCC(=O)NC4=O)C5=O)CC3)cc2)[C@@H](N(C)C)C1. The van der Waals surface area contributed by atoms with Gasteiger partial charge in [0.05, 0.1) is 11.1 Å². The molecule has 3 aromatic rings. The van der Waals surface area contributed by atoms with Gasteiger partial charge in [0.25, 0.3) is 11.8 Å². The summed E-state index contributed by atoms with van der Waals surface area (Å²) in [5.74, 6) is -1.71. The molecular weight excluding hydrogens is 714 g/mol. The minimum atomic E-state index is -0.988. The van der Waals surface area contributed by atoms with E-state index in [9.17, 15) is 28.4 Å². The van der Waals surface area contributed by atoms with Crippen molar-refractivity contribution in [1.29, 1.82) is 0 Å². The first-order valence-electron chi connectivity index (χ1n) is 19.8. The molecule has 4 aliphatic rings. The van der Waals surface area contributed by atoms with Crippen molar-refractivity contribution in [2.24, 2.45) is 0 Å². The second-order valence-electron chi connectivity index (χ2n) is 15.8. The van der Waals surface area contributed by atoms with Crippen LogP contribution in [-0.4, -0.2) is 121 Å². The number of carbonyl (C=O) groups is 5. The Labute approximate surface area is 328 Å². The molecule has 0 aliphatic carbocycles. The summed E-state index contributed by atoms with van der Waals surface area (Å²) in [5, 5.41) is 5.52. The third kappa shape index (κ3) is 8.34. The van der Waals surface area contributed by atoms with E-state index >= 15 is 0 Å². The number of imide groups is 2. The number of anilines is 2. The number of fused-ring (bicyclic) bond motifs is 1. The number of carbonyl (C=O) groups excluding carboxylic acids is 5. The van der Waals surface area contributed by atoms with E-state index in [0.29, 0.717) is 50.2 Å². The summed E-state index contributed by atoms with van der Waals surface area (Å²) in [6, 6.07) is 18.5. The molecule has 3 atom stereocenters. The van der Waals surface area contributed by atoms with Gasteiger partial charge in [0, 0.05) is 94.1 Å². The van der Waals surface area contributed by atoms with E-state index in [2.05, 4.69) is 63.7 Å². The summed E-state index contributed by atoms with van der Waals surface area (Å²) < 4.78 is 14.6. The number of aryl methyl sites for hydroxylation is 1. The number of benzene rings is 3. The molecule has 56 heavy (non-hydrogen) atoms. The van der Waals surface area contributed by atoms with E-state index in [0.717, 1.165) is 67.2 Å². The second-order valence-corrected chi connectivity index (χ2v) is 15.8. The van der Waals surface area contributed by atoms with Gasteiger partial charge in [0.15, 0.2) is 0 Å². The maximum absolute atomic E-state index is 14.6. The van der Waals surface area contributed by atoms with Crippen LogP contribution in [0.4, 0.5) is 15.8 Å². The molecule has 2 N–H and O–H groups in total. The molecule has 0 aromatic heterocycles. The van der Waals surface area contributed by atoms with Gasteiger partial charge in [0.2, 0.25) is 17.7 Å². The van der Waals surface area contributed by atoms with Crippen LogP contribution in [0.15, 0.2) is 60.7 Å². The van der Waals surface area contributed by atoms with E-state index in [-0.39, 0.29) is 35.7 Å². The highest BCUT2D eigenvalue weighted by Crippen LogP contribution is 2.34. The molecule has 13 heteroatoms. The molecule has 3 fully saturated rings. The predicted molar refractivity (Wildman–Crippen MR) is 212 cm³/mol. The van der Waals surface area contributed by atoms with Crippen LogP contribution in [0, 0.1) is 12.7 Å². The molecule has 3 aromatic carbocycles. The number of nitrogens with zero attached hydrogens (tertiary/aromatic N) is 5. The molecule has 0 spiro atoms. The van der Waals surface area contributed by atoms with Crippen molar-refractivity contribution < 1.29 is 28.4 Å². The fourth-order valence-electron chi connectivity index (χ4n) is 8.63. The van der Waals surface area contributed by atoms with E-state index in [1.807, 2.05) is 17.9 Å². The molecular formula is C43H52FN7O5. The molecule has 5 amide bonds. The normalized spacial score (nSPS) is 21.6. The Kier molecular flexibility index (Phi) is 11.8. The van der Waals surface area contributed by atoms with Crippen LogP contribution in [0.25, 0.3) is 0 Å². The monoisotopic (exact) mass is 765 g/mol. The number of hydrogen-bond donors (Lipinski definition) is 2. The van der Waals surface area contributed by atoms with Crippen LogP contribution in [0.1, 0.15) is 81.8 Å². The number of nitrogens with one attached hydrogen (secondary N) is 2. The summed E-state index contributed by atoms with van der Waals surface area (Å²) in [6.45, 7) is 7.96. The summed E-state index contributed by atoms with van der Waals surface area (Å²) >= 11 is 0. The fourth-order valence-corrected chi connectivity index (χ4v) is 8.63. The number of halogens is 1. The number of piperidine rings is 1. The lowest BCUT2D eigenvalue weighted by atomic mass is 9.93. The number of piperazine rings is 1. The van der Waals surface area contributed by atoms with Gasteiger partial charge in [0.1, 0.15) is 11.9 Å². The topological polar surface area (TPSA) is 126 Å². The van der Waals surface area contributed by atoms with Crippen molar-refractivity contribution in [1.82, 2.24) is 24.9 Å². The van der Waals surface area contributed by atoms with Crippen LogP contribution < -0.4 is 15.5 Å². The van der Waals surface area contributed by atoms with Gasteiger partial charge in [-0.25, -0.2) is 4.39 Å². The van der Waals surface area contributed by atoms with Crippen LogP contribution >= 0.6 is 0 Å². The van der Waals surface area contributed by atoms with Gasteiger partial charge in [-0.15, -0.1) is 0 Å². The minimum absolute atomic E-state index is 0.0787. The van der Waals surface area contributed by atoms with Gasteiger partial charge in [-0.3, -0.25) is 39.1 Å². The molecule has 1 unspecified atom stereocenters. The van der Waals surface area contributed by atoms with E-state index < -0.39 is 29.7 Å². The zero-order valence-electron chi connectivity index (χ0n) is 32.6. The van der Waals surface area contributed by atoms with Gasteiger partial charge in [-0.2, -0.15) is 0 Å². The first kappa shape index (κ1) is 39.1. The number of hydrogen-bond acceptors (Lipinski definition) is 9. The van der Waals surface area contributed by atoms with Gasteiger partial charge >= 0.3 is 0 Å². The predicted octanol–water partition coefficient (Wildman–Crippen LogP) is 4.39. The average molecular weight is 766 g/mol. The van der Waals surface area contributed by atoms with E-state index in [1.54, 1.807) is 30.3 Å².